The number of rotatable bonds is 4. The molecule has 2 aromatic carbocycles. The lowest BCUT2D eigenvalue weighted by molar-refractivity contribution is 0.331. The van der Waals surface area contributed by atoms with Gasteiger partial charge in [-0.05, 0) is 60.8 Å². The zero-order valence-electron chi connectivity index (χ0n) is 12.4. The van der Waals surface area contributed by atoms with E-state index < -0.39 is 0 Å². The SMILES string of the molecule is NC(c1cccc(Cl)c1)c1ccc(CN2CCCC2)c(Cl)c1. The van der Waals surface area contributed by atoms with Crippen LogP contribution >= 0.6 is 23.2 Å². The van der Waals surface area contributed by atoms with E-state index in [2.05, 4.69) is 17.0 Å². The van der Waals surface area contributed by atoms with Crippen LogP contribution in [0.5, 0.6) is 0 Å². The van der Waals surface area contributed by atoms with E-state index in [1.807, 2.05) is 30.3 Å². The molecular formula is C18H20Cl2N2. The largest absolute Gasteiger partial charge is 0.320 e. The molecule has 22 heavy (non-hydrogen) atoms. The van der Waals surface area contributed by atoms with E-state index in [9.17, 15) is 0 Å². The lowest BCUT2D eigenvalue weighted by Crippen LogP contribution is -2.19. The third-order valence-corrected chi connectivity index (χ3v) is 4.82. The highest BCUT2D eigenvalue weighted by molar-refractivity contribution is 6.31. The molecule has 1 atom stereocenters. The van der Waals surface area contributed by atoms with Gasteiger partial charge in [-0.15, -0.1) is 0 Å². The fraction of sp³-hybridized carbons (Fsp3) is 0.333. The highest BCUT2D eigenvalue weighted by Gasteiger charge is 2.15. The third-order valence-electron chi connectivity index (χ3n) is 4.24. The first kappa shape index (κ1) is 15.8. The summed E-state index contributed by atoms with van der Waals surface area (Å²) < 4.78 is 0. The normalized spacial score (nSPS) is 16.9. The van der Waals surface area contributed by atoms with Gasteiger partial charge in [0.2, 0.25) is 0 Å². The maximum Gasteiger partial charge on any atom is 0.0552 e. The number of hydrogen-bond donors (Lipinski definition) is 1. The van der Waals surface area contributed by atoms with Gasteiger partial charge in [0.15, 0.2) is 0 Å². The standard InChI is InChI=1S/C18H20Cl2N2/c19-16-5-3-4-13(10-16)18(21)14-6-7-15(17(20)11-14)12-22-8-1-2-9-22/h3-7,10-11,18H,1-2,8-9,12,21H2. The van der Waals surface area contributed by atoms with E-state index in [-0.39, 0.29) is 6.04 Å². The van der Waals surface area contributed by atoms with Crippen molar-refractivity contribution in [1.82, 2.24) is 4.90 Å². The van der Waals surface area contributed by atoms with Gasteiger partial charge in [0.1, 0.15) is 0 Å². The quantitative estimate of drug-likeness (QED) is 0.882. The monoisotopic (exact) mass is 334 g/mol. The Labute approximate surface area is 141 Å². The molecule has 1 heterocycles. The van der Waals surface area contributed by atoms with Crippen LogP contribution in [0.3, 0.4) is 0 Å². The van der Waals surface area contributed by atoms with Crippen LogP contribution in [0.2, 0.25) is 10.0 Å². The summed E-state index contributed by atoms with van der Waals surface area (Å²) in [6.07, 6.45) is 2.57. The van der Waals surface area contributed by atoms with Crippen molar-refractivity contribution in [1.29, 1.82) is 0 Å². The molecule has 0 amide bonds. The number of benzene rings is 2. The van der Waals surface area contributed by atoms with Crippen LogP contribution in [0.25, 0.3) is 0 Å². The van der Waals surface area contributed by atoms with Gasteiger partial charge < -0.3 is 5.73 Å². The molecule has 1 aliphatic rings. The Kier molecular flexibility index (Phi) is 5.04. The van der Waals surface area contributed by atoms with Crippen LogP contribution in [0.1, 0.15) is 35.6 Å². The lowest BCUT2D eigenvalue weighted by Gasteiger charge is -2.18. The van der Waals surface area contributed by atoms with Gasteiger partial charge in [-0.3, -0.25) is 4.90 Å². The predicted octanol–water partition coefficient (Wildman–Crippen LogP) is 4.64. The van der Waals surface area contributed by atoms with Crippen molar-refractivity contribution in [2.45, 2.75) is 25.4 Å². The molecule has 0 aromatic heterocycles. The number of halogens is 2. The Bertz CT molecular complexity index is 651. The second-order valence-electron chi connectivity index (χ2n) is 5.87. The molecule has 1 unspecified atom stereocenters. The summed E-state index contributed by atoms with van der Waals surface area (Å²) in [5, 5.41) is 1.49. The van der Waals surface area contributed by atoms with Crippen molar-refractivity contribution in [2.24, 2.45) is 5.73 Å². The molecule has 0 aliphatic carbocycles. The summed E-state index contributed by atoms with van der Waals surface area (Å²) in [5.74, 6) is 0. The van der Waals surface area contributed by atoms with Crippen LogP contribution < -0.4 is 5.73 Å². The lowest BCUT2D eigenvalue weighted by atomic mass is 9.98. The Morgan fingerprint density at radius 2 is 1.73 bits per heavy atom. The first-order valence-electron chi connectivity index (χ1n) is 7.65. The van der Waals surface area contributed by atoms with Gasteiger partial charge in [0, 0.05) is 16.6 Å². The zero-order valence-corrected chi connectivity index (χ0v) is 13.9. The van der Waals surface area contributed by atoms with Gasteiger partial charge >= 0.3 is 0 Å². The molecule has 3 rings (SSSR count). The molecule has 1 fully saturated rings. The molecule has 116 valence electrons. The highest BCUT2D eigenvalue weighted by Crippen LogP contribution is 2.27. The van der Waals surface area contributed by atoms with Crippen LogP contribution in [0, 0.1) is 0 Å². The van der Waals surface area contributed by atoms with E-state index in [0.717, 1.165) is 22.7 Å². The maximum atomic E-state index is 6.46. The fourth-order valence-electron chi connectivity index (χ4n) is 2.96. The Balaban J connectivity index is 1.78. The summed E-state index contributed by atoms with van der Waals surface area (Å²) in [7, 11) is 0. The number of nitrogens with zero attached hydrogens (tertiary/aromatic N) is 1. The molecule has 2 nitrogen and oxygen atoms in total. The van der Waals surface area contributed by atoms with Crippen molar-refractivity contribution >= 4 is 23.2 Å². The van der Waals surface area contributed by atoms with E-state index in [4.69, 9.17) is 28.9 Å². The first-order valence-corrected chi connectivity index (χ1v) is 8.41. The molecule has 0 bridgehead atoms. The van der Waals surface area contributed by atoms with Crippen molar-refractivity contribution < 1.29 is 0 Å². The number of hydrogen-bond acceptors (Lipinski definition) is 2. The smallest absolute Gasteiger partial charge is 0.0552 e. The molecule has 0 saturated carbocycles. The van der Waals surface area contributed by atoms with Crippen molar-refractivity contribution in [3.8, 4) is 0 Å². The molecule has 2 aromatic rings. The Morgan fingerprint density at radius 1 is 1.00 bits per heavy atom. The topological polar surface area (TPSA) is 29.3 Å². The van der Waals surface area contributed by atoms with E-state index in [0.29, 0.717) is 5.02 Å². The summed E-state index contributed by atoms with van der Waals surface area (Å²) in [6.45, 7) is 3.26. The number of likely N-dealkylation sites (tertiary alicyclic amines) is 1. The maximum absolute atomic E-state index is 6.46. The minimum Gasteiger partial charge on any atom is -0.320 e. The van der Waals surface area contributed by atoms with Crippen molar-refractivity contribution in [3.05, 3.63) is 69.2 Å². The van der Waals surface area contributed by atoms with E-state index in [1.54, 1.807) is 0 Å². The van der Waals surface area contributed by atoms with Gasteiger partial charge in [-0.2, -0.15) is 0 Å². The molecule has 4 heteroatoms. The van der Waals surface area contributed by atoms with Gasteiger partial charge in [0.25, 0.3) is 0 Å². The number of nitrogens with two attached hydrogens (primary N) is 1. The summed E-state index contributed by atoms with van der Waals surface area (Å²) in [4.78, 5) is 2.44. The van der Waals surface area contributed by atoms with Gasteiger partial charge in [-0.1, -0.05) is 47.5 Å². The molecular weight excluding hydrogens is 315 g/mol. The van der Waals surface area contributed by atoms with Crippen LogP contribution in [-0.4, -0.2) is 18.0 Å². The van der Waals surface area contributed by atoms with E-state index in [1.165, 1.54) is 31.5 Å². The molecule has 2 N–H and O–H groups in total. The summed E-state index contributed by atoms with van der Waals surface area (Å²) in [6, 6.07) is 13.6. The third kappa shape index (κ3) is 3.64. The second-order valence-corrected chi connectivity index (χ2v) is 6.71. The minimum absolute atomic E-state index is 0.211. The van der Waals surface area contributed by atoms with Crippen LogP contribution in [-0.2, 0) is 6.54 Å². The Morgan fingerprint density at radius 3 is 2.41 bits per heavy atom. The molecule has 0 spiro atoms. The zero-order chi connectivity index (χ0) is 15.5. The second kappa shape index (κ2) is 7.01. The Hall–Kier alpha value is -1.06. The summed E-state index contributed by atoms with van der Waals surface area (Å²) in [5.41, 5.74) is 9.52. The van der Waals surface area contributed by atoms with E-state index >= 15 is 0 Å². The van der Waals surface area contributed by atoms with Gasteiger partial charge in [-0.25, -0.2) is 0 Å². The average molecular weight is 335 g/mol. The van der Waals surface area contributed by atoms with Crippen molar-refractivity contribution in [2.75, 3.05) is 13.1 Å². The van der Waals surface area contributed by atoms with Crippen LogP contribution in [0.4, 0.5) is 0 Å². The molecule has 1 saturated heterocycles. The highest BCUT2D eigenvalue weighted by atomic mass is 35.5. The fourth-order valence-corrected chi connectivity index (χ4v) is 3.41. The molecule has 0 radical (unpaired) electrons. The minimum atomic E-state index is -0.211. The molecule has 1 aliphatic heterocycles. The first-order chi connectivity index (χ1) is 10.6. The predicted molar refractivity (Wildman–Crippen MR) is 93.4 cm³/mol. The van der Waals surface area contributed by atoms with Crippen molar-refractivity contribution in [3.63, 3.8) is 0 Å². The summed E-state index contributed by atoms with van der Waals surface area (Å²) >= 11 is 12.5. The van der Waals surface area contributed by atoms with Crippen LogP contribution in [0.15, 0.2) is 42.5 Å². The van der Waals surface area contributed by atoms with Gasteiger partial charge in [0.05, 0.1) is 6.04 Å². The average Bonchev–Trinajstić information content (AvgIpc) is 3.01.